The van der Waals surface area contributed by atoms with E-state index in [1.54, 1.807) is 6.07 Å². The molecule has 5 nitrogen and oxygen atoms in total. The van der Waals surface area contributed by atoms with Gasteiger partial charge in [-0.2, -0.15) is 5.26 Å². The normalized spacial score (nSPS) is 11.2. The summed E-state index contributed by atoms with van der Waals surface area (Å²) in [5.74, 6) is -2.93. The van der Waals surface area contributed by atoms with Crippen molar-refractivity contribution in [1.82, 2.24) is 4.98 Å². The van der Waals surface area contributed by atoms with Crippen LogP contribution in [0.15, 0.2) is 53.7 Å². The van der Waals surface area contributed by atoms with E-state index in [1.807, 2.05) is 0 Å². The van der Waals surface area contributed by atoms with Crippen molar-refractivity contribution >= 4 is 15.7 Å². The molecule has 1 aromatic heterocycles. The Bertz CT molecular complexity index is 1150. The monoisotopic (exact) mass is 391 g/mol. The predicted molar refractivity (Wildman–Crippen MR) is 91.9 cm³/mol. The minimum atomic E-state index is -4.15. The van der Waals surface area contributed by atoms with Gasteiger partial charge in [0.25, 0.3) is 10.0 Å². The molecule has 138 valence electrons. The Kier molecular flexibility index (Phi) is 4.92. The van der Waals surface area contributed by atoms with Crippen LogP contribution in [0.5, 0.6) is 0 Å². The highest BCUT2D eigenvalue weighted by Gasteiger charge is 2.21. The second kappa shape index (κ2) is 7.17. The molecule has 0 radical (unpaired) electrons. The van der Waals surface area contributed by atoms with E-state index in [1.165, 1.54) is 24.5 Å². The van der Waals surface area contributed by atoms with Gasteiger partial charge in [-0.25, -0.2) is 21.6 Å². The van der Waals surface area contributed by atoms with Crippen LogP contribution in [0, 0.1) is 28.8 Å². The van der Waals surface area contributed by atoms with Gasteiger partial charge >= 0.3 is 0 Å². The molecule has 27 heavy (non-hydrogen) atoms. The van der Waals surface area contributed by atoms with Crippen LogP contribution in [0.25, 0.3) is 0 Å². The number of nitriles is 1. The molecule has 0 aliphatic rings. The summed E-state index contributed by atoms with van der Waals surface area (Å²) in [7, 11) is -4.15. The Morgan fingerprint density at radius 3 is 2.44 bits per heavy atom. The van der Waals surface area contributed by atoms with Gasteiger partial charge in [0.1, 0.15) is 10.7 Å². The number of anilines is 1. The van der Waals surface area contributed by atoms with Gasteiger partial charge in [0, 0.05) is 18.8 Å². The van der Waals surface area contributed by atoms with E-state index in [0.717, 1.165) is 24.3 Å². The van der Waals surface area contributed by atoms with Gasteiger partial charge in [-0.15, -0.1) is 0 Å². The number of nitrogens with zero attached hydrogens (tertiary/aromatic N) is 1. The number of aromatic nitrogens is 1. The van der Waals surface area contributed by atoms with Crippen LogP contribution in [0.3, 0.4) is 0 Å². The number of hydrogen-bond donors (Lipinski definition) is 2. The lowest BCUT2D eigenvalue weighted by Crippen LogP contribution is -2.15. The molecular formula is C18H12F3N3O2S. The quantitative estimate of drug-likeness (QED) is 0.696. The number of rotatable bonds is 5. The van der Waals surface area contributed by atoms with Gasteiger partial charge in [-0.05, 0) is 41.5 Å². The molecule has 0 fully saturated rings. The maximum absolute atomic E-state index is 14.0. The maximum Gasteiger partial charge on any atom is 0.263 e. The Balaban J connectivity index is 1.89. The SMILES string of the molecule is N#Cc1ccc(NS(=O)(=O)c2c[nH]cc2Cc2ccc(F)c(F)c2)c(F)c1. The van der Waals surface area contributed by atoms with E-state index < -0.39 is 27.5 Å². The lowest BCUT2D eigenvalue weighted by molar-refractivity contribution is 0.507. The van der Waals surface area contributed by atoms with Crippen molar-refractivity contribution in [2.75, 3.05) is 4.72 Å². The molecule has 0 bridgehead atoms. The van der Waals surface area contributed by atoms with E-state index >= 15 is 0 Å². The number of nitrogens with one attached hydrogen (secondary N) is 2. The summed E-state index contributed by atoms with van der Waals surface area (Å²) in [6, 6.07) is 8.36. The molecule has 1 heterocycles. The van der Waals surface area contributed by atoms with Crippen LogP contribution in [0.4, 0.5) is 18.9 Å². The van der Waals surface area contributed by atoms with Crippen molar-refractivity contribution in [3.63, 3.8) is 0 Å². The van der Waals surface area contributed by atoms with Gasteiger partial charge in [-0.1, -0.05) is 6.07 Å². The second-order valence-corrected chi connectivity index (χ2v) is 7.33. The van der Waals surface area contributed by atoms with Crippen molar-refractivity contribution < 1.29 is 21.6 Å². The van der Waals surface area contributed by atoms with Gasteiger partial charge < -0.3 is 4.98 Å². The van der Waals surface area contributed by atoms with Crippen LogP contribution >= 0.6 is 0 Å². The topological polar surface area (TPSA) is 85.8 Å². The van der Waals surface area contributed by atoms with Gasteiger partial charge in [0.05, 0.1) is 17.3 Å². The van der Waals surface area contributed by atoms with Crippen molar-refractivity contribution in [1.29, 1.82) is 5.26 Å². The number of sulfonamides is 1. The summed E-state index contributed by atoms with van der Waals surface area (Å²) in [6.45, 7) is 0. The number of benzene rings is 2. The average molecular weight is 391 g/mol. The van der Waals surface area contributed by atoms with Crippen LogP contribution in [0.2, 0.25) is 0 Å². The molecule has 3 rings (SSSR count). The van der Waals surface area contributed by atoms with Crippen LogP contribution < -0.4 is 4.72 Å². The summed E-state index contributed by atoms with van der Waals surface area (Å²) in [5.41, 5.74) is 0.405. The average Bonchev–Trinajstić information content (AvgIpc) is 3.09. The molecule has 2 aromatic carbocycles. The Hall–Kier alpha value is -3.25. The first-order chi connectivity index (χ1) is 12.8. The smallest absolute Gasteiger partial charge is 0.263 e. The van der Waals surface area contributed by atoms with Gasteiger partial charge in [0.2, 0.25) is 0 Å². The fourth-order valence-electron chi connectivity index (χ4n) is 2.51. The zero-order chi connectivity index (χ0) is 19.6. The van der Waals surface area contributed by atoms with Crippen LogP contribution in [-0.4, -0.2) is 13.4 Å². The van der Waals surface area contributed by atoms with Crippen molar-refractivity contribution in [3.8, 4) is 6.07 Å². The first kappa shape index (κ1) is 18.5. The molecule has 2 N–H and O–H groups in total. The molecule has 3 aromatic rings. The third-order valence-electron chi connectivity index (χ3n) is 3.80. The second-order valence-electron chi connectivity index (χ2n) is 5.68. The molecular weight excluding hydrogens is 379 g/mol. The lowest BCUT2D eigenvalue weighted by Gasteiger charge is -2.10. The Morgan fingerprint density at radius 2 is 1.78 bits per heavy atom. The zero-order valence-corrected chi connectivity index (χ0v) is 14.4. The maximum atomic E-state index is 14.0. The van der Waals surface area contributed by atoms with E-state index in [2.05, 4.69) is 9.71 Å². The first-order valence-corrected chi connectivity index (χ1v) is 9.10. The summed E-state index contributed by atoms with van der Waals surface area (Å²) in [6.07, 6.45) is 2.64. The van der Waals surface area contributed by atoms with Crippen LogP contribution in [0.1, 0.15) is 16.7 Å². The Labute approximate surface area is 153 Å². The van der Waals surface area contributed by atoms with Gasteiger partial charge in [-0.3, -0.25) is 4.72 Å². The first-order valence-electron chi connectivity index (χ1n) is 7.62. The molecule has 0 aliphatic heterocycles. The number of halogens is 3. The minimum absolute atomic E-state index is 0.0206. The molecule has 0 unspecified atom stereocenters. The van der Waals surface area contributed by atoms with E-state index in [9.17, 15) is 21.6 Å². The zero-order valence-electron chi connectivity index (χ0n) is 13.6. The third kappa shape index (κ3) is 3.96. The molecule has 0 amide bonds. The summed E-state index contributed by atoms with van der Waals surface area (Å²) >= 11 is 0. The largest absolute Gasteiger partial charge is 0.366 e. The van der Waals surface area contributed by atoms with Crippen molar-refractivity contribution in [2.45, 2.75) is 11.3 Å². The van der Waals surface area contributed by atoms with Crippen molar-refractivity contribution in [2.24, 2.45) is 0 Å². The highest BCUT2D eigenvalue weighted by atomic mass is 32.2. The fourth-order valence-corrected chi connectivity index (χ4v) is 3.77. The number of H-pyrrole nitrogens is 1. The molecule has 0 atom stereocenters. The highest BCUT2D eigenvalue weighted by Crippen LogP contribution is 2.24. The fraction of sp³-hybridized carbons (Fsp3) is 0.0556. The molecule has 9 heteroatoms. The van der Waals surface area contributed by atoms with Crippen molar-refractivity contribution in [3.05, 3.63) is 82.9 Å². The molecule has 0 saturated carbocycles. The molecule has 0 saturated heterocycles. The summed E-state index contributed by atoms with van der Waals surface area (Å²) in [5, 5.41) is 8.74. The Morgan fingerprint density at radius 1 is 1.00 bits per heavy atom. The predicted octanol–water partition coefficient (Wildman–Crippen LogP) is 3.70. The number of hydrogen-bond acceptors (Lipinski definition) is 3. The van der Waals surface area contributed by atoms with E-state index in [-0.39, 0.29) is 22.6 Å². The van der Waals surface area contributed by atoms with Crippen LogP contribution in [-0.2, 0) is 16.4 Å². The standard InChI is InChI=1S/C18H12F3N3O2S/c19-14-3-1-11(6-15(14)20)5-13-9-23-10-18(13)27(25,26)24-17-4-2-12(8-22)7-16(17)21/h1-4,6-7,9-10,23-24H,5H2. The van der Waals surface area contributed by atoms with E-state index in [4.69, 9.17) is 5.26 Å². The van der Waals surface area contributed by atoms with E-state index in [0.29, 0.717) is 11.1 Å². The minimum Gasteiger partial charge on any atom is -0.366 e. The summed E-state index contributed by atoms with van der Waals surface area (Å²) < 4.78 is 67.7. The lowest BCUT2D eigenvalue weighted by atomic mass is 10.1. The molecule has 0 aliphatic carbocycles. The number of aromatic amines is 1. The summed E-state index contributed by atoms with van der Waals surface area (Å²) in [4.78, 5) is 2.49. The third-order valence-corrected chi connectivity index (χ3v) is 5.25. The highest BCUT2D eigenvalue weighted by molar-refractivity contribution is 7.92. The molecule has 0 spiro atoms. The van der Waals surface area contributed by atoms with Gasteiger partial charge in [0.15, 0.2) is 11.6 Å².